The summed E-state index contributed by atoms with van der Waals surface area (Å²) in [5.74, 6) is 0.986. The van der Waals surface area contributed by atoms with Gasteiger partial charge in [0.25, 0.3) is 5.91 Å². The van der Waals surface area contributed by atoms with Crippen LogP contribution in [0.1, 0.15) is 23.6 Å². The Morgan fingerprint density at radius 1 is 1.06 bits per heavy atom. The standard InChI is InChI=1S/C25H26BrN3O3/c1-3-31-23-14-20(13-22(26)25(23)32-17-19-7-5-4-6-8-19)15-28-29-24(30)16-27-21-11-9-18(2)10-12-21/h4-15,27H,3,16-17H2,1-2H3,(H,29,30)/b28-15-. The van der Waals surface area contributed by atoms with Crippen LogP contribution in [0.5, 0.6) is 11.5 Å². The van der Waals surface area contributed by atoms with Gasteiger partial charge in [0, 0.05) is 5.69 Å². The molecule has 1 amide bonds. The molecule has 32 heavy (non-hydrogen) atoms. The lowest BCUT2D eigenvalue weighted by Crippen LogP contribution is -2.25. The van der Waals surface area contributed by atoms with Crippen molar-refractivity contribution in [2.75, 3.05) is 18.5 Å². The van der Waals surface area contributed by atoms with Crippen LogP contribution in [0.25, 0.3) is 0 Å². The van der Waals surface area contributed by atoms with Gasteiger partial charge in [0.2, 0.25) is 0 Å². The van der Waals surface area contributed by atoms with Crippen LogP contribution in [0.2, 0.25) is 0 Å². The third-order valence-electron chi connectivity index (χ3n) is 4.47. The van der Waals surface area contributed by atoms with Gasteiger partial charge in [-0.1, -0.05) is 48.0 Å². The zero-order valence-corrected chi connectivity index (χ0v) is 19.7. The molecule has 2 N–H and O–H groups in total. The summed E-state index contributed by atoms with van der Waals surface area (Å²) < 4.78 is 12.5. The van der Waals surface area contributed by atoms with Gasteiger partial charge in [-0.15, -0.1) is 0 Å². The van der Waals surface area contributed by atoms with Crippen molar-refractivity contribution in [3.63, 3.8) is 0 Å². The highest BCUT2D eigenvalue weighted by Crippen LogP contribution is 2.37. The molecule has 0 atom stereocenters. The maximum absolute atomic E-state index is 12.0. The van der Waals surface area contributed by atoms with Gasteiger partial charge in [-0.3, -0.25) is 4.79 Å². The number of hydrogen-bond donors (Lipinski definition) is 2. The quantitative estimate of drug-likeness (QED) is 0.295. The predicted molar refractivity (Wildman–Crippen MR) is 131 cm³/mol. The summed E-state index contributed by atoms with van der Waals surface area (Å²) in [5.41, 5.74) is 6.40. The smallest absolute Gasteiger partial charge is 0.259 e. The van der Waals surface area contributed by atoms with Gasteiger partial charge >= 0.3 is 0 Å². The number of nitrogens with zero attached hydrogens (tertiary/aromatic N) is 1. The van der Waals surface area contributed by atoms with Gasteiger partial charge in [0.05, 0.1) is 23.8 Å². The van der Waals surface area contributed by atoms with Crippen LogP contribution in [-0.2, 0) is 11.4 Å². The van der Waals surface area contributed by atoms with E-state index in [0.29, 0.717) is 24.7 Å². The first kappa shape index (κ1) is 23.3. The number of rotatable bonds is 10. The third kappa shape index (κ3) is 7.13. The molecule has 7 heteroatoms. The lowest BCUT2D eigenvalue weighted by atomic mass is 10.2. The number of nitrogens with one attached hydrogen (secondary N) is 2. The summed E-state index contributed by atoms with van der Waals surface area (Å²) in [4.78, 5) is 12.0. The summed E-state index contributed by atoms with van der Waals surface area (Å²) in [6, 6.07) is 21.5. The second kappa shape index (κ2) is 11.9. The van der Waals surface area contributed by atoms with E-state index >= 15 is 0 Å². The van der Waals surface area contributed by atoms with E-state index in [1.54, 1.807) is 6.21 Å². The first-order chi connectivity index (χ1) is 15.5. The van der Waals surface area contributed by atoms with Gasteiger partial charge < -0.3 is 14.8 Å². The minimum Gasteiger partial charge on any atom is -0.490 e. The fraction of sp³-hybridized carbons (Fsp3) is 0.200. The number of halogens is 1. The molecule has 3 aromatic rings. The second-order valence-electron chi connectivity index (χ2n) is 7.05. The van der Waals surface area contributed by atoms with Gasteiger partial charge in [0.15, 0.2) is 11.5 Å². The van der Waals surface area contributed by atoms with E-state index < -0.39 is 0 Å². The highest BCUT2D eigenvalue weighted by molar-refractivity contribution is 9.10. The molecule has 0 aliphatic carbocycles. The summed E-state index contributed by atoms with van der Waals surface area (Å²) in [6.07, 6.45) is 1.57. The average Bonchev–Trinajstić information content (AvgIpc) is 2.79. The van der Waals surface area contributed by atoms with Crippen LogP contribution in [-0.4, -0.2) is 25.3 Å². The van der Waals surface area contributed by atoms with E-state index in [1.165, 1.54) is 5.56 Å². The summed E-state index contributed by atoms with van der Waals surface area (Å²) in [7, 11) is 0. The van der Waals surface area contributed by atoms with E-state index in [1.807, 2.05) is 80.6 Å². The van der Waals surface area contributed by atoms with Crippen molar-refractivity contribution in [3.05, 3.63) is 87.9 Å². The lowest BCUT2D eigenvalue weighted by Gasteiger charge is -2.14. The van der Waals surface area contributed by atoms with Crippen molar-refractivity contribution < 1.29 is 14.3 Å². The molecule has 0 radical (unpaired) electrons. The maximum atomic E-state index is 12.0. The van der Waals surface area contributed by atoms with Crippen LogP contribution in [0.15, 0.2) is 76.3 Å². The molecule has 166 valence electrons. The molecule has 0 saturated heterocycles. The van der Waals surface area contributed by atoms with E-state index in [2.05, 4.69) is 31.8 Å². The summed E-state index contributed by atoms with van der Waals surface area (Å²) >= 11 is 3.55. The third-order valence-corrected chi connectivity index (χ3v) is 5.05. The highest BCUT2D eigenvalue weighted by atomic mass is 79.9. The monoisotopic (exact) mass is 495 g/mol. The van der Waals surface area contributed by atoms with Crippen LogP contribution in [0, 0.1) is 6.92 Å². The van der Waals surface area contributed by atoms with Gasteiger partial charge in [-0.25, -0.2) is 5.43 Å². The zero-order chi connectivity index (χ0) is 22.8. The van der Waals surface area contributed by atoms with Gasteiger partial charge in [0.1, 0.15) is 6.61 Å². The number of amides is 1. The number of anilines is 1. The molecule has 3 rings (SSSR count). The SMILES string of the molecule is CCOc1cc(/C=N\NC(=O)CNc2ccc(C)cc2)cc(Br)c1OCc1ccccc1. The fourth-order valence-corrected chi connectivity index (χ4v) is 3.44. The second-order valence-corrected chi connectivity index (χ2v) is 7.90. The molecule has 6 nitrogen and oxygen atoms in total. The molecule has 0 spiro atoms. The summed E-state index contributed by atoms with van der Waals surface area (Å²) in [6.45, 7) is 4.98. The molecule has 0 saturated carbocycles. The van der Waals surface area contributed by atoms with E-state index in [4.69, 9.17) is 9.47 Å². The van der Waals surface area contributed by atoms with Crippen molar-refractivity contribution in [2.45, 2.75) is 20.5 Å². The maximum Gasteiger partial charge on any atom is 0.259 e. The molecular formula is C25H26BrN3O3. The van der Waals surface area contributed by atoms with E-state index in [9.17, 15) is 4.79 Å². The molecule has 0 aliphatic heterocycles. The molecule has 0 heterocycles. The van der Waals surface area contributed by atoms with Crippen LogP contribution < -0.4 is 20.2 Å². The largest absolute Gasteiger partial charge is 0.490 e. The van der Waals surface area contributed by atoms with Crippen molar-refractivity contribution >= 4 is 33.7 Å². The zero-order valence-electron chi connectivity index (χ0n) is 18.1. The Labute approximate surface area is 196 Å². The Kier molecular flexibility index (Phi) is 8.69. The lowest BCUT2D eigenvalue weighted by molar-refractivity contribution is -0.119. The van der Waals surface area contributed by atoms with Crippen molar-refractivity contribution in [1.82, 2.24) is 5.43 Å². The Morgan fingerprint density at radius 3 is 2.53 bits per heavy atom. The minimum absolute atomic E-state index is 0.126. The Morgan fingerprint density at radius 2 is 1.81 bits per heavy atom. The molecule has 0 unspecified atom stereocenters. The minimum atomic E-state index is -0.242. The number of aryl methyl sites for hydroxylation is 1. The Balaban J connectivity index is 1.59. The van der Waals surface area contributed by atoms with Crippen molar-refractivity contribution in [2.24, 2.45) is 5.10 Å². The van der Waals surface area contributed by atoms with E-state index in [-0.39, 0.29) is 12.5 Å². The topological polar surface area (TPSA) is 72.0 Å². The Bertz CT molecular complexity index is 1050. The number of benzene rings is 3. The number of ether oxygens (including phenoxy) is 2. The van der Waals surface area contributed by atoms with Crippen molar-refractivity contribution in [1.29, 1.82) is 0 Å². The number of hydrazone groups is 1. The van der Waals surface area contributed by atoms with Gasteiger partial charge in [-0.2, -0.15) is 5.10 Å². The van der Waals surface area contributed by atoms with Crippen molar-refractivity contribution in [3.8, 4) is 11.5 Å². The molecular weight excluding hydrogens is 470 g/mol. The average molecular weight is 496 g/mol. The van der Waals surface area contributed by atoms with Crippen LogP contribution in [0.3, 0.4) is 0 Å². The van der Waals surface area contributed by atoms with Crippen LogP contribution >= 0.6 is 15.9 Å². The summed E-state index contributed by atoms with van der Waals surface area (Å²) in [5, 5.41) is 7.11. The first-order valence-electron chi connectivity index (χ1n) is 10.3. The molecule has 0 aromatic heterocycles. The van der Waals surface area contributed by atoms with Crippen LogP contribution in [0.4, 0.5) is 5.69 Å². The predicted octanol–water partition coefficient (Wildman–Crippen LogP) is 5.30. The van der Waals surface area contributed by atoms with Gasteiger partial charge in [-0.05, 0) is 65.2 Å². The normalized spacial score (nSPS) is 10.7. The number of hydrogen-bond acceptors (Lipinski definition) is 5. The molecule has 0 fully saturated rings. The fourth-order valence-electron chi connectivity index (χ4n) is 2.87. The highest BCUT2D eigenvalue weighted by Gasteiger charge is 2.12. The molecule has 0 bridgehead atoms. The first-order valence-corrected chi connectivity index (χ1v) is 11.1. The Hall–Kier alpha value is -3.32. The molecule has 0 aliphatic rings. The van der Waals surface area contributed by atoms with E-state index in [0.717, 1.165) is 21.3 Å². The molecule has 3 aromatic carbocycles. The number of carbonyl (C=O) groups excluding carboxylic acids is 1. The number of carbonyl (C=O) groups is 1.